The van der Waals surface area contributed by atoms with Crippen molar-refractivity contribution in [3.05, 3.63) is 80.1 Å². The van der Waals surface area contributed by atoms with Crippen molar-refractivity contribution >= 4 is 40.7 Å². The van der Waals surface area contributed by atoms with Gasteiger partial charge in [-0.1, -0.05) is 17.7 Å². The van der Waals surface area contributed by atoms with Crippen LogP contribution in [0.25, 0.3) is 0 Å². The first kappa shape index (κ1) is 28.9. The molecule has 3 aromatic rings. The van der Waals surface area contributed by atoms with Crippen LogP contribution < -0.4 is 5.32 Å². The average Bonchev–Trinajstić information content (AvgIpc) is 3.69. The Kier molecular flexibility index (Phi) is 8.79. The van der Waals surface area contributed by atoms with E-state index in [1.54, 1.807) is 18.5 Å². The molecule has 5 rings (SSSR count). The first-order valence-electron chi connectivity index (χ1n) is 13.1. The number of nitrogens with one attached hydrogen (secondary N) is 1. The van der Waals surface area contributed by atoms with Crippen molar-refractivity contribution in [2.75, 3.05) is 13.7 Å². The second kappa shape index (κ2) is 12.5. The lowest BCUT2D eigenvalue weighted by Crippen LogP contribution is -2.38. The third-order valence-corrected chi connectivity index (χ3v) is 8.39. The molecule has 1 aliphatic carbocycles. The molecule has 0 saturated heterocycles. The SMILES string of the molecule is CCOC(=O)C1=C([C@H]2CC[C@H](Cc3nc(C(=O)OC)co3)CC2)NC(c2nccs2)=NC1c1ccc(F)c(F)c1Cl. The van der Waals surface area contributed by atoms with Crippen LogP contribution in [0.4, 0.5) is 8.78 Å². The van der Waals surface area contributed by atoms with Gasteiger partial charge in [0.2, 0.25) is 0 Å². The van der Waals surface area contributed by atoms with Crippen molar-refractivity contribution in [1.29, 1.82) is 0 Å². The van der Waals surface area contributed by atoms with Crippen molar-refractivity contribution < 1.29 is 32.3 Å². The molecule has 1 N–H and O–H groups in total. The van der Waals surface area contributed by atoms with Crippen LogP contribution in [-0.4, -0.2) is 41.5 Å². The molecular weight excluding hydrogens is 578 g/mol. The summed E-state index contributed by atoms with van der Waals surface area (Å²) in [6, 6.07) is 1.28. The second-order valence-corrected chi connectivity index (χ2v) is 11.0. The van der Waals surface area contributed by atoms with Crippen LogP contribution in [0.3, 0.4) is 0 Å². The zero-order valence-electron chi connectivity index (χ0n) is 22.3. The molecular formula is C28H27ClF2N4O5S. The first-order valence-corrected chi connectivity index (χ1v) is 14.4. The number of methoxy groups -OCH3 is 1. The fourth-order valence-electron chi connectivity index (χ4n) is 5.25. The zero-order chi connectivity index (χ0) is 29.1. The van der Waals surface area contributed by atoms with Gasteiger partial charge in [0.15, 0.2) is 34.1 Å². The Morgan fingerprint density at radius 2 is 1.98 bits per heavy atom. The van der Waals surface area contributed by atoms with Crippen LogP contribution in [0.2, 0.25) is 5.02 Å². The third kappa shape index (κ3) is 6.03. The fourth-order valence-corrected chi connectivity index (χ4v) is 6.10. The normalized spacial score (nSPS) is 20.8. The molecule has 3 heterocycles. The van der Waals surface area contributed by atoms with Crippen molar-refractivity contribution in [3.8, 4) is 0 Å². The lowest BCUT2D eigenvalue weighted by molar-refractivity contribution is -0.139. The van der Waals surface area contributed by atoms with E-state index in [1.165, 1.54) is 30.8 Å². The van der Waals surface area contributed by atoms with E-state index in [1.807, 2.05) is 0 Å². The topological polar surface area (TPSA) is 116 Å². The maximum atomic E-state index is 14.6. The summed E-state index contributed by atoms with van der Waals surface area (Å²) < 4.78 is 44.1. The summed E-state index contributed by atoms with van der Waals surface area (Å²) in [6.07, 6.45) is 6.49. The maximum absolute atomic E-state index is 14.6. The largest absolute Gasteiger partial charge is 0.464 e. The van der Waals surface area contributed by atoms with Gasteiger partial charge in [0, 0.05) is 29.3 Å². The number of thiazole rings is 1. The van der Waals surface area contributed by atoms with E-state index < -0.39 is 34.6 Å². The Labute approximate surface area is 243 Å². The van der Waals surface area contributed by atoms with Crippen molar-refractivity contribution in [2.24, 2.45) is 16.8 Å². The molecule has 0 spiro atoms. The number of hydrogen-bond acceptors (Lipinski definition) is 10. The molecule has 1 unspecified atom stereocenters. The number of halogens is 3. The van der Waals surface area contributed by atoms with Crippen LogP contribution in [0, 0.1) is 23.5 Å². The highest BCUT2D eigenvalue weighted by molar-refractivity contribution is 7.11. The first-order chi connectivity index (χ1) is 19.8. The number of aromatic nitrogens is 2. The molecule has 9 nitrogen and oxygen atoms in total. The van der Waals surface area contributed by atoms with Crippen molar-refractivity contribution in [1.82, 2.24) is 15.3 Å². The quantitative estimate of drug-likeness (QED) is 0.253. The smallest absolute Gasteiger partial charge is 0.360 e. The maximum Gasteiger partial charge on any atom is 0.360 e. The number of oxazole rings is 1. The Morgan fingerprint density at radius 1 is 1.20 bits per heavy atom. The van der Waals surface area contributed by atoms with Gasteiger partial charge < -0.3 is 19.2 Å². The molecule has 1 atom stereocenters. The van der Waals surface area contributed by atoms with Gasteiger partial charge in [-0.25, -0.2) is 28.3 Å². The summed E-state index contributed by atoms with van der Waals surface area (Å²) in [5.74, 6) is -2.44. The molecule has 41 heavy (non-hydrogen) atoms. The Balaban J connectivity index is 1.46. The van der Waals surface area contributed by atoms with Gasteiger partial charge >= 0.3 is 11.9 Å². The zero-order valence-corrected chi connectivity index (χ0v) is 23.9. The molecule has 2 aliphatic rings. The van der Waals surface area contributed by atoms with E-state index in [2.05, 4.69) is 15.3 Å². The van der Waals surface area contributed by atoms with E-state index in [0.717, 1.165) is 18.9 Å². The number of amidine groups is 1. The van der Waals surface area contributed by atoms with Gasteiger partial charge in [0.25, 0.3) is 0 Å². The van der Waals surface area contributed by atoms with Crippen LogP contribution in [-0.2, 0) is 20.7 Å². The molecule has 0 radical (unpaired) electrons. The van der Waals surface area contributed by atoms with Gasteiger partial charge in [0.05, 0.1) is 24.3 Å². The predicted molar refractivity (Wildman–Crippen MR) is 147 cm³/mol. The predicted octanol–water partition coefficient (Wildman–Crippen LogP) is 5.81. The van der Waals surface area contributed by atoms with Gasteiger partial charge in [0.1, 0.15) is 12.3 Å². The molecule has 13 heteroatoms. The molecule has 1 saturated carbocycles. The lowest BCUT2D eigenvalue weighted by Gasteiger charge is -2.35. The summed E-state index contributed by atoms with van der Waals surface area (Å²) >= 11 is 7.63. The summed E-state index contributed by atoms with van der Waals surface area (Å²) in [7, 11) is 1.28. The highest BCUT2D eigenvalue weighted by Gasteiger charge is 2.38. The van der Waals surface area contributed by atoms with E-state index in [4.69, 9.17) is 30.5 Å². The summed E-state index contributed by atoms with van der Waals surface area (Å²) in [5.41, 5.74) is 1.10. The summed E-state index contributed by atoms with van der Waals surface area (Å²) in [5, 5.41) is 5.26. The number of ether oxygens (including phenoxy) is 2. The number of hydrogen-bond donors (Lipinski definition) is 1. The van der Waals surface area contributed by atoms with Crippen LogP contribution in [0.5, 0.6) is 0 Å². The minimum atomic E-state index is -1.21. The van der Waals surface area contributed by atoms with E-state index in [0.29, 0.717) is 41.7 Å². The molecule has 1 aliphatic heterocycles. The number of allylic oxidation sites excluding steroid dienone is 1. The standard InChI is InChI=1S/C28H27ClF2N4O5S/c1-3-39-28(37)20-23(15-6-4-14(5-7-15)12-19-33-18(13-40-19)27(36)38-2)34-25(26-32-10-11-41-26)35-24(20)16-8-9-17(30)22(31)21(16)29/h8-11,13-15,24H,3-7,12H2,1-2H3,(H,34,35)/t14-,15-,24?. The minimum Gasteiger partial charge on any atom is -0.464 e. The monoisotopic (exact) mass is 604 g/mol. The summed E-state index contributed by atoms with van der Waals surface area (Å²) in [6.45, 7) is 1.81. The number of carbonyl (C=O) groups excluding carboxylic acids is 2. The number of carbonyl (C=O) groups is 2. The summed E-state index contributed by atoms with van der Waals surface area (Å²) in [4.78, 5) is 38.4. The number of esters is 2. The van der Waals surface area contributed by atoms with E-state index in [9.17, 15) is 18.4 Å². The number of benzene rings is 1. The van der Waals surface area contributed by atoms with Gasteiger partial charge in [-0.15, -0.1) is 11.3 Å². The van der Waals surface area contributed by atoms with Gasteiger partial charge in [-0.2, -0.15) is 0 Å². The van der Waals surface area contributed by atoms with Gasteiger partial charge in [-0.05, 0) is 50.5 Å². The Morgan fingerprint density at radius 3 is 2.66 bits per heavy atom. The molecule has 1 fully saturated rings. The third-order valence-electron chi connectivity index (χ3n) is 7.23. The number of nitrogens with zero attached hydrogens (tertiary/aromatic N) is 3. The lowest BCUT2D eigenvalue weighted by atomic mass is 9.77. The van der Waals surface area contributed by atoms with Crippen LogP contribution in [0.15, 0.2) is 50.7 Å². The highest BCUT2D eigenvalue weighted by atomic mass is 35.5. The van der Waals surface area contributed by atoms with E-state index in [-0.39, 0.29) is 35.3 Å². The highest BCUT2D eigenvalue weighted by Crippen LogP contribution is 2.43. The molecule has 0 bridgehead atoms. The number of rotatable bonds is 8. The van der Waals surface area contributed by atoms with Crippen LogP contribution in [0.1, 0.15) is 65.6 Å². The fraction of sp³-hybridized carbons (Fsp3) is 0.393. The molecule has 2 aromatic heterocycles. The molecule has 0 amide bonds. The average molecular weight is 605 g/mol. The van der Waals surface area contributed by atoms with Crippen LogP contribution >= 0.6 is 22.9 Å². The number of aliphatic imine (C=N–C) groups is 1. The Bertz CT molecular complexity index is 1500. The molecule has 1 aromatic carbocycles. The minimum absolute atomic E-state index is 0.0853. The van der Waals surface area contributed by atoms with Crippen molar-refractivity contribution in [2.45, 2.75) is 45.1 Å². The Hall–Kier alpha value is -3.64. The second-order valence-electron chi connectivity index (χ2n) is 9.69. The van der Waals surface area contributed by atoms with Crippen molar-refractivity contribution in [3.63, 3.8) is 0 Å². The molecule has 216 valence electrons. The van der Waals surface area contributed by atoms with E-state index >= 15 is 0 Å². The van der Waals surface area contributed by atoms with Gasteiger partial charge in [-0.3, -0.25) is 4.99 Å².